The maximum Gasteiger partial charge on any atom is 0.0438 e. The van der Waals surface area contributed by atoms with Crippen LogP contribution in [0, 0.1) is 6.92 Å². The lowest BCUT2D eigenvalue weighted by Crippen LogP contribution is -2.09. The number of benzene rings is 1. The SMILES string of the molecule is Cc1cccc(N(C)c2ccncc2)c1. The Morgan fingerprint density at radius 1 is 1.00 bits per heavy atom. The minimum Gasteiger partial charge on any atom is -0.345 e. The van der Waals surface area contributed by atoms with Crippen molar-refractivity contribution in [3.05, 3.63) is 54.4 Å². The zero-order valence-electron chi connectivity index (χ0n) is 9.01. The summed E-state index contributed by atoms with van der Waals surface area (Å²) in [7, 11) is 2.06. The molecule has 2 aromatic rings. The molecule has 0 atom stereocenters. The predicted octanol–water partition coefficient (Wildman–Crippen LogP) is 3.16. The second-order valence-electron chi connectivity index (χ2n) is 3.60. The summed E-state index contributed by atoms with van der Waals surface area (Å²) < 4.78 is 0. The monoisotopic (exact) mass is 198 g/mol. The molecule has 0 spiro atoms. The molecule has 15 heavy (non-hydrogen) atoms. The van der Waals surface area contributed by atoms with Crippen LogP contribution in [0.3, 0.4) is 0 Å². The molecule has 0 amide bonds. The Balaban J connectivity index is 2.32. The maximum atomic E-state index is 4.01. The van der Waals surface area contributed by atoms with Crippen molar-refractivity contribution in [2.45, 2.75) is 6.92 Å². The highest BCUT2D eigenvalue weighted by molar-refractivity contribution is 5.62. The van der Waals surface area contributed by atoms with Crippen LogP contribution in [0.2, 0.25) is 0 Å². The zero-order chi connectivity index (χ0) is 10.7. The lowest BCUT2D eigenvalue weighted by atomic mass is 10.2. The summed E-state index contributed by atoms with van der Waals surface area (Å²) in [6.45, 7) is 2.10. The number of anilines is 2. The minimum absolute atomic E-state index is 1.15. The molecule has 2 nitrogen and oxygen atoms in total. The van der Waals surface area contributed by atoms with E-state index in [2.05, 4.69) is 48.1 Å². The number of aryl methyl sites for hydroxylation is 1. The summed E-state index contributed by atoms with van der Waals surface area (Å²) in [6, 6.07) is 12.4. The van der Waals surface area contributed by atoms with E-state index in [4.69, 9.17) is 0 Å². The summed E-state index contributed by atoms with van der Waals surface area (Å²) in [5, 5.41) is 0. The minimum atomic E-state index is 1.15. The van der Waals surface area contributed by atoms with Gasteiger partial charge in [0, 0.05) is 30.8 Å². The molecule has 76 valence electrons. The fraction of sp³-hybridized carbons (Fsp3) is 0.154. The maximum absolute atomic E-state index is 4.01. The molecule has 0 saturated heterocycles. The third kappa shape index (κ3) is 2.15. The highest BCUT2D eigenvalue weighted by Crippen LogP contribution is 2.22. The number of hydrogen-bond donors (Lipinski definition) is 0. The molecule has 0 fully saturated rings. The Morgan fingerprint density at radius 2 is 1.73 bits per heavy atom. The Kier molecular flexibility index (Phi) is 2.68. The third-order valence-electron chi connectivity index (χ3n) is 2.44. The first-order valence-electron chi connectivity index (χ1n) is 4.98. The van der Waals surface area contributed by atoms with Gasteiger partial charge in [-0.2, -0.15) is 0 Å². The summed E-state index contributed by atoms with van der Waals surface area (Å²) in [5.41, 5.74) is 3.62. The van der Waals surface area contributed by atoms with Crippen LogP contribution in [-0.2, 0) is 0 Å². The van der Waals surface area contributed by atoms with Gasteiger partial charge in [-0.05, 0) is 36.8 Å². The average Bonchev–Trinajstić information content (AvgIpc) is 2.29. The molecule has 0 unspecified atom stereocenters. The lowest BCUT2D eigenvalue weighted by Gasteiger charge is -2.19. The molecule has 0 N–H and O–H groups in total. The van der Waals surface area contributed by atoms with Crippen molar-refractivity contribution in [3.8, 4) is 0 Å². The molecule has 0 radical (unpaired) electrons. The molecule has 0 aliphatic heterocycles. The Morgan fingerprint density at radius 3 is 2.40 bits per heavy atom. The van der Waals surface area contributed by atoms with Gasteiger partial charge in [-0.3, -0.25) is 4.98 Å². The van der Waals surface area contributed by atoms with Crippen molar-refractivity contribution < 1.29 is 0 Å². The third-order valence-corrected chi connectivity index (χ3v) is 2.44. The number of aromatic nitrogens is 1. The van der Waals surface area contributed by atoms with Crippen LogP contribution in [0.25, 0.3) is 0 Å². The summed E-state index contributed by atoms with van der Waals surface area (Å²) >= 11 is 0. The predicted molar refractivity (Wildman–Crippen MR) is 63.5 cm³/mol. The quantitative estimate of drug-likeness (QED) is 0.736. The highest BCUT2D eigenvalue weighted by atomic mass is 15.1. The topological polar surface area (TPSA) is 16.1 Å². The van der Waals surface area contributed by atoms with E-state index in [1.54, 1.807) is 0 Å². The van der Waals surface area contributed by atoms with Gasteiger partial charge in [0.15, 0.2) is 0 Å². The number of nitrogens with zero attached hydrogens (tertiary/aromatic N) is 2. The molecule has 0 saturated carbocycles. The summed E-state index contributed by atoms with van der Waals surface area (Å²) in [4.78, 5) is 6.16. The molecule has 2 rings (SSSR count). The fourth-order valence-electron chi connectivity index (χ4n) is 1.55. The van der Waals surface area contributed by atoms with E-state index < -0.39 is 0 Å². The Labute approximate surface area is 90.2 Å². The van der Waals surface area contributed by atoms with E-state index in [9.17, 15) is 0 Å². The van der Waals surface area contributed by atoms with Crippen LogP contribution in [0.4, 0.5) is 11.4 Å². The Hall–Kier alpha value is -1.83. The van der Waals surface area contributed by atoms with Gasteiger partial charge in [-0.25, -0.2) is 0 Å². The lowest BCUT2D eigenvalue weighted by molar-refractivity contribution is 1.18. The van der Waals surface area contributed by atoms with Crippen LogP contribution in [0.15, 0.2) is 48.8 Å². The molecule has 0 bridgehead atoms. The first kappa shape index (κ1) is 9.71. The van der Waals surface area contributed by atoms with Gasteiger partial charge in [0.05, 0.1) is 0 Å². The zero-order valence-corrected chi connectivity index (χ0v) is 9.01. The first-order chi connectivity index (χ1) is 7.27. The van der Waals surface area contributed by atoms with Gasteiger partial charge in [-0.1, -0.05) is 12.1 Å². The van der Waals surface area contributed by atoms with Crippen LogP contribution in [0.1, 0.15) is 5.56 Å². The summed E-state index contributed by atoms with van der Waals surface area (Å²) in [6.07, 6.45) is 3.61. The number of pyridine rings is 1. The van der Waals surface area contributed by atoms with Gasteiger partial charge in [0.1, 0.15) is 0 Å². The molecule has 1 aromatic carbocycles. The number of rotatable bonds is 2. The molecule has 1 heterocycles. The van der Waals surface area contributed by atoms with Crippen LogP contribution in [0.5, 0.6) is 0 Å². The van der Waals surface area contributed by atoms with Crippen molar-refractivity contribution in [2.75, 3.05) is 11.9 Å². The fourth-order valence-corrected chi connectivity index (χ4v) is 1.55. The first-order valence-corrected chi connectivity index (χ1v) is 4.98. The molecular formula is C13H14N2. The summed E-state index contributed by atoms with van der Waals surface area (Å²) in [5.74, 6) is 0. The van der Waals surface area contributed by atoms with Crippen LogP contribution in [-0.4, -0.2) is 12.0 Å². The second-order valence-corrected chi connectivity index (χ2v) is 3.60. The van der Waals surface area contributed by atoms with Crippen molar-refractivity contribution in [3.63, 3.8) is 0 Å². The molecule has 2 heteroatoms. The van der Waals surface area contributed by atoms with Crippen molar-refractivity contribution >= 4 is 11.4 Å². The Bertz CT molecular complexity index is 437. The van der Waals surface area contributed by atoms with Gasteiger partial charge >= 0.3 is 0 Å². The molecular weight excluding hydrogens is 184 g/mol. The smallest absolute Gasteiger partial charge is 0.0438 e. The van der Waals surface area contributed by atoms with Gasteiger partial charge in [0.2, 0.25) is 0 Å². The van der Waals surface area contributed by atoms with Crippen LogP contribution < -0.4 is 4.90 Å². The molecule has 1 aromatic heterocycles. The van der Waals surface area contributed by atoms with Crippen molar-refractivity contribution in [1.82, 2.24) is 4.98 Å². The van der Waals surface area contributed by atoms with Crippen molar-refractivity contribution in [2.24, 2.45) is 0 Å². The molecule has 0 aliphatic rings. The largest absolute Gasteiger partial charge is 0.345 e. The van der Waals surface area contributed by atoms with E-state index in [1.807, 2.05) is 24.5 Å². The van der Waals surface area contributed by atoms with Crippen LogP contribution >= 0.6 is 0 Å². The van der Waals surface area contributed by atoms with E-state index in [1.165, 1.54) is 11.3 Å². The second kappa shape index (κ2) is 4.13. The van der Waals surface area contributed by atoms with E-state index in [-0.39, 0.29) is 0 Å². The normalized spacial score (nSPS) is 10.0. The van der Waals surface area contributed by atoms with Gasteiger partial charge in [-0.15, -0.1) is 0 Å². The van der Waals surface area contributed by atoms with Gasteiger partial charge in [0.25, 0.3) is 0 Å². The van der Waals surface area contributed by atoms with Gasteiger partial charge < -0.3 is 4.90 Å². The van der Waals surface area contributed by atoms with E-state index in [0.717, 1.165) is 5.69 Å². The number of hydrogen-bond acceptors (Lipinski definition) is 2. The average molecular weight is 198 g/mol. The van der Waals surface area contributed by atoms with E-state index >= 15 is 0 Å². The highest BCUT2D eigenvalue weighted by Gasteiger charge is 2.02. The standard InChI is InChI=1S/C13H14N2/c1-11-4-3-5-13(10-11)15(2)12-6-8-14-9-7-12/h3-10H,1-2H3. The van der Waals surface area contributed by atoms with E-state index in [0.29, 0.717) is 0 Å². The molecule has 0 aliphatic carbocycles. The van der Waals surface area contributed by atoms with Crippen molar-refractivity contribution in [1.29, 1.82) is 0 Å².